The lowest BCUT2D eigenvalue weighted by Gasteiger charge is -2.25. The fourth-order valence-electron chi connectivity index (χ4n) is 4.17. The van der Waals surface area contributed by atoms with E-state index < -0.39 is 11.7 Å². The molecule has 1 aliphatic heterocycles. The number of nitriles is 1. The van der Waals surface area contributed by atoms with E-state index in [0.29, 0.717) is 48.8 Å². The monoisotopic (exact) mass is 471 g/mol. The molecule has 0 bridgehead atoms. The minimum atomic E-state index is -0.660. The highest BCUT2D eigenvalue weighted by Gasteiger charge is 2.25. The molecule has 0 unspecified atom stereocenters. The summed E-state index contributed by atoms with van der Waals surface area (Å²) in [4.78, 5) is 34.5. The fourth-order valence-corrected chi connectivity index (χ4v) is 4.17. The molecule has 0 radical (unpaired) electrons. The predicted molar refractivity (Wildman–Crippen MR) is 135 cm³/mol. The van der Waals surface area contributed by atoms with E-state index in [2.05, 4.69) is 16.4 Å². The van der Waals surface area contributed by atoms with Crippen molar-refractivity contribution in [1.29, 1.82) is 5.26 Å². The summed E-state index contributed by atoms with van der Waals surface area (Å²) in [6.45, 7) is 7.65. The summed E-state index contributed by atoms with van der Waals surface area (Å²) in [5, 5.41) is 14.0. The Bertz CT molecular complexity index is 1290. The Hall–Kier alpha value is -4.12. The molecule has 2 amide bonds. The van der Waals surface area contributed by atoms with Crippen molar-refractivity contribution in [3.8, 4) is 6.07 Å². The first-order valence-electron chi connectivity index (χ1n) is 11.7. The van der Waals surface area contributed by atoms with E-state index in [1.807, 2.05) is 41.3 Å². The average molecular weight is 472 g/mol. The Balaban J connectivity index is 1.60. The lowest BCUT2D eigenvalue weighted by molar-refractivity contribution is 0.0636. The van der Waals surface area contributed by atoms with Gasteiger partial charge in [0.1, 0.15) is 17.5 Å². The van der Waals surface area contributed by atoms with Crippen LogP contribution in [-0.2, 0) is 4.74 Å². The number of hydrogen-bond donors (Lipinski definition) is 1. The van der Waals surface area contributed by atoms with Crippen molar-refractivity contribution >= 4 is 34.3 Å². The molecule has 0 aliphatic carbocycles. The number of fused-ring (bicyclic) bond motifs is 1. The van der Waals surface area contributed by atoms with Gasteiger partial charge in [-0.15, -0.1) is 0 Å². The van der Waals surface area contributed by atoms with E-state index in [4.69, 9.17) is 4.74 Å². The Kier molecular flexibility index (Phi) is 6.87. The molecule has 1 N–H and O–H groups in total. The maximum Gasteiger partial charge on any atom is 0.412 e. The molecule has 35 heavy (non-hydrogen) atoms. The van der Waals surface area contributed by atoms with Gasteiger partial charge in [-0.05, 0) is 62.2 Å². The number of aromatic nitrogens is 1. The van der Waals surface area contributed by atoms with Crippen LogP contribution >= 0.6 is 0 Å². The van der Waals surface area contributed by atoms with Crippen molar-refractivity contribution in [2.24, 2.45) is 0 Å². The Morgan fingerprint density at radius 2 is 1.77 bits per heavy atom. The van der Waals surface area contributed by atoms with E-state index in [0.717, 1.165) is 17.2 Å². The first-order chi connectivity index (χ1) is 16.7. The minimum Gasteiger partial charge on any atom is -0.444 e. The van der Waals surface area contributed by atoms with E-state index in [1.54, 1.807) is 44.0 Å². The summed E-state index contributed by atoms with van der Waals surface area (Å²) >= 11 is 0. The number of rotatable bonds is 3. The lowest BCUT2D eigenvalue weighted by Crippen LogP contribution is -2.36. The summed E-state index contributed by atoms with van der Waals surface area (Å²) in [5.74, 6) is 0.479. The number of amides is 2. The molecule has 0 saturated carbocycles. The van der Waals surface area contributed by atoms with Crippen LogP contribution in [0.25, 0.3) is 10.8 Å². The average Bonchev–Trinajstić information content (AvgIpc) is 3.08. The van der Waals surface area contributed by atoms with Crippen molar-refractivity contribution in [2.75, 3.05) is 36.4 Å². The third-order valence-corrected chi connectivity index (χ3v) is 5.74. The van der Waals surface area contributed by atoms with Gasteiger partial charge in [-0.2, -0.15) is 5.26 Å². The van der Waals surface area contributed by atoms with E-state index >= 15 is 0 Å². The Morgan fingerprint density at radius 1 is 1.03 bits per heavy atom. The van der Waals surface area contributed by atoms with E-state index in [-0.39, 0.29) is 5.91 Å². The van der Waals surface area contributed by atoms with Crippen molar-refractivity contribution in [3.63, 3.8) is 0 Å². The quantitative estimate of drug-likeness (QED) is 0.589. The van der Waals surface area contributed by atoms with Gasteiger partial charge in [0.25, 0.3) is 5.91 Å². The van der Waals surface area contributed by atoms with Gasteiger partial charge in [0.15, 0.2) is 0 Å². The second-order valence-electron chi connectivity index (χ2n) is 9.49. The molecular weight excluding hydrogens is 442 g/mol. The summed E-state index contributed by atoms with van der Waals surface area (Å²) < 4.78 is 5.42. The van der Waals surface area contributed by atoms with Gasteiger partial charge in [-0.25, -0.2) is 9.78 Å². The van der Waals surface area contributed by atoms with Crippen molar-refractivity contribution in [3.05, 3.63) is 65.9 Å². The Labute approximate surface area is 205 Å². The highest BCUT2D eigenvalue weighted by atomic mass is 16.6. The van der Waals surface area contributed by atoms with Gasteiger partial charge >= 0.3 is 6.09 Å². The number of ether oxygens (including phenoxy) is 1. The number of benzene rings is 2. The van der Waals surface area contributed by atoms with Crippen LogP contribution in [0.2, 0.25) is 0 Å². The predicted octanol–water partition coefficient (Wildman–Crippen LogP) is 4.81. The van der Waals surface area contributed by atoms with Crippen LogP contribution in [0, 0.1) is 11.3 Å². The molecule has 1 saturated heterocycles. The second-order valence-corrected chi connectivity index (χ2v) is 9.49. The topological polar surface area (TPSA) is 98.6 Å². The molecule has 1 fully saturated rings. The number of carbonyl (C=O) groups is 2. The van der Waals surface area contributed by atoms with Gasteiger partial charge in [0, 0.05) is 32.4 Å². The normalized spacial score (nSPS) is 14.2. The maximum atomic E-state index is 13.7. The highest BCUT2D eigenvalue weighted by Crippen LogP contribution is 2.27. The molecule has 2 heterocycles. The fraction of sp³-hybridized carbons (Fsp3) is 0.333. The van der Waals surface area contributed by atoms with Crippen molar-refractivity contribution < 1.29 is 14.3 Å². The molecule has 2 aromatic carbocycles. The summed E-state index contributed by atoms with van der Waals surface area (Å²) in [6.07, 6.45) is 1.80. The van der Waals surface area contributed by atoms with Gasteiger partial charge < -0.3 is 14.5 Å². The molecule has 4 rings (SSSR count). The van der Waals surface area contributed by atoms with Crippen molar-refractivity contribution in [1.82, 2.24) is 9.88 Å². The van der Waals surface area contributed by atoms with E-state index in [1.165, 1.54) is 0 Å². The largest absolute Gasteiger partial charge is 0.444 e. The number of carbonyl (C=O) groups excluding carboxylic acids is 2. The lowest BCUT2D eigenvalue weighted by atomic mass is 10.0. The molecule has 8 nitrogen and oxygen atoms in total. The Morgan fingerprint density at radius 3 is 2.49 bits per heavy atom. The number of hydrogen-bond acceptors (Lipinski definition) is 6. The molecule has 8 heteroatoms. The zero-order valence-electron chi connectivity index (χ0n) is 20.2. The highest BCUT2D eigenvalue weighted by molar-refractivity contribution is 6.07. The third-order valence-electron chi connectivity index (χ3n) is 5.74. The van der Waals surface area contributed by atoms with Crippen molar-refractivity contribution in [2.45, 2.75) is 32.8 Å². The van der Waals surface area contributed by atoms with Crippen LogP contribution in [-0.4, -0.2) is 53.7 Å². The molecule has 1 aliphatic rings. The van der Waals surface area contributed by atoms with Gasteiger partial charge in [0.2, 0.25) is 0 Å². The third kappa shape index (κ3) is 5.69. The zero-order chi connectivity index (χ0) is 25.0. The zero-order valence-corrected chi connectivity index (χ0v) is 20.2. The molecule has 0 atom stereocenters. The molecule has 1 aromatic heterocycles. The van der Waals surface area contributed by atoms with Gasteiger partial charge in [-0.3, -0.25) is 10.1 Å². The summed E-state index contributed by atoms with van der Waals surface area (Å²) in [5.41, 5.74) is 0.692. The molecular formula is C27H29N5O3. The number of nitrogens with one attached hydrogen (secondary N) is 1. The maximum absolute atomic E-state index is 13.7. The molecule has 0 spiro atoms. The first kappa shape index (κ1) is 24.0. The van der Waals surface area contributed by atoms with Crippen LogP contribution in [0.1, 0.15) is 43.1 Å². The molecule has 3 aromatic rings. The van der Waals surface area contributed by atoms with Gasteiger partial charge in [-0.1, -0.05) is 24.3 Å². The van der Waals surface area contributed by atoms with Crippen LogP contribution in [0.15, 0.2) is 54.7 Å². The minimum absolute atomic E-state index is 0.162. The number of pyridine rings is 1. The summed E-state index contributed by atoms with van der Waals surface area (Å²) in [6, 6.07) is 17.0. The van der Waals surface area contributed by atoms with Crippen LogP contribution in [0.5, 0.6) is 0 Å². The van der Waals surface area contributed by atoms with Crippen LogP contribution in [0.3, 0.4) is 0 Å². The van der Waals surface area contributed by atoms with Crippen LogP contribution in [0.4, 0.5) is 16.3 Å². The summed E-state index contributed by atoms with van der Waals surface area (Å²) in [7, 11) is 0. The number of nitrogens with zero attached hydrogens (tertiary/aromatic N) is 4. The van der Waals surface area contributed by atoms with Gasteiger partial charge in [0.05, 0.1) is 16.8 Å². The standard InChI is InChI=1S/C27H29N5O3/c1-27(2,3)35-26(34)30-23-17-20-9-5-4-8-19(20)16-22(23)25(33)32-13-7-12-31(14-15-32)24-21(18-28)10-6-11-29-24/h4-6,8-11,16-17H,7,12-15H2,1-3H3,(H,30,34). The molecule has 180 valence electrons. The van der Waals surface area contributed by atoms with E-state index in [9.17, 15) is 14.9 Å². The second kappa shape index (κ2) is 10.0. The number of anilines is 2. The van der Waals surface area contributed by atoms with Crippen LogP contribution < -0.4 is 10.2 Å². The smallest absolute Gasteiger partial charge is 0.412 e. The SMILES string of the molecule is CC(C)(C)OC(=O)Nc1cc2ccccc2cc1C(=O)N1CCCN(c2ncccc2C#N)CC1. The first-order valence-corrected chi connectivity index (χ1v) is 11.7.